The zero-order chi connectivity index (χ0) is 20.4. The van der Waals surface area contributed by atoms with Gasteiger partial charge in [-0.3, -0.25) is 0 Å². The van der Waals surface area contributed by atoms with Gasteiger partial charge in [0.2, 0.25) is 0 Å². The van der Waals surface area contributed by atoms with Crippen molar-refractivity contribution >= 4 is 0 Å². The van der Waals surface area contributed by atoms with Crippen LogP contribution < -0.4 is 9.47 Å². The van der Waals surface area contributed by atoms with Gasteiger partial charge in [-0.2, -0.15) is 0 Å². The van der Waals surface area contributed by atoms with Crippen LogP contribution in [0.25, 0.3) is 0 Å². The third-order valence-corrected chi connectivity index (χ3v) is 6.17. The van der Waals surface area contributed by atoms with Crippen molar-refractivity contribution in [2.75, 3.05) is 40.3 Å². The molecule has 0 aromatic heterocycles. The van der Waals surface area contributed by atoms with Gasteiger partial charge < -0.3 is 19.3 Å². The van der Waals surface area contributed by atoms with Gasteiger partial charge in [-0.15, -0.1) is 0 Å². The van der Waals surface area contributed by atoms with Crippen molar-refractivity contribution in [2.45, 2.75) is 45.3 Å². The first-order valence-corrected chi connectivity index (χ1v) is 10.9. The van der Waals surface area contributed by atoms with Gasteiger partial charge in [0.15, 0.2) is 0 Å². The van der Waals surface area contributed by atoms with Crippen molar-refractivity contribution in [2.24, 2.45) is 0 Å². The van der Waals surface area contributed by atoms with Crippen LogP contribution in [0.4, 0.5) is 0 Å². The molecule has 0 saturated carbocycles. The van der Waals surface area contributed by atoms with Crippen molar-refractivity contribution in [3.63, 3.8) is 0 Å². The van der Waals surface area contributed by atoms with Crippen LogP contribution in [-0.2, 0) is 6.42 Å². The fourth-order valence-electron chi connectivity index (χ4n) is 4.48. The first kappa shape index (κ1) is 20.2. The van der Waals surface area contributed by atoms with Gasteiger partial charge in [0.05, 0.1) is 0 Å². The molecule has 2 heterocycles. The quantitative estimate of drug-likeness (QED) is 0.738. The molecule has 0 N–H and O–H groups in total. The fraction of sp³-hybridized carbons (Fsp3) is 0.520. The predicted octanol–water partition coefficient (Wildman–Crippen LogP) is 4.06. The molecular formula is C25H34N2O2. The molecule has 156 valence electrons. The number of aryl methyl sites for hydroxylation is 2. The zero-order valence-electron chi connectivity index (χ0n) is 18.3. The van der Waals surface area contributed by atoms with Crippen molar-refractivity contribution in [1.82, 2.24) is 9.80 Å². The van der Waals surface area contributed by atoms with E-state index >= 15 is 0 Å². The molecule has 2 aliphatic heterocycles. The second-order valence-electron chi connectivity index (χ2n) is 8.96. The summed E-state index contributed by atoms with van der Waals surface area (Å²) >= 11 is 0. The summed E-state index contributed by atoms with van der Waals surface area (Å²) in [5, 5.41) is 0. The molecule has 2 aliphatic rings. The highest BCUT2D eigenvalue weighted by molar-refractivity contribution is 5.41. The lowest BCUT2D eigenvalue weighted by Gasteiger charge is -2.17. The Morgan fingerprint density at radius 1 is 0.759 bits per heavy atom. The van der Waals surface area contributed by atoms with Gasteiger partial charge in [0.1, 0.15) is 23.7 Å². The molecule has 0 spiro atoms. The summed E-state index contributed by atoms with van der Waals surface area (Å²) in [7, 11) is 4.31. The molecule has 2 aromatic rings. The third kappa shape index (κ3) is 5.12. The summed E-state index contributed by atoms with van der Waals surface area (Å²) in [4.78, 5) is 4.66. The number of hydrogen-bond donors (Lipinski definition) is 0. The van der Waals surface area contributed by atoms with Crippen LogP contribution in [0.1, 0.15) is 35.1 Å². The Morgan fingerprint density at radius 2 is 1.21 bits per heavy atom. The highest BCUT2D eigenvalue weighted by Gasteiger charge is 2.22. The SMILES string of the molecule is Cc1cc(Cc2ccc(OC3CCN(C)C3)c(C)c2)ccc1OC1CCN(C)C1. The summed E-state index contributed by atoms with van der Waals surface area (Å²) < 4.78 is 12.5. The lowest BCUT2D eigenvalue weighted by molar-refractivity contribution is 0.206. The van der Waals surface area contributed by atoms with Crippen molar-refractivity contribution in [3.05, 3.63) is 58.7 Å². The molecule has 0 radical (unpaired) electrons. The maximum atomic E-state index is 6.23. The van der Waals surface area contributed by atoms with E-state index in [1.807, 2.05) is 0 Å². The molecule has 2 fully saturated rings. The molecule has 2 unspecified atom stereocenters. The second-order valence-corrected chi connectivity index (χ2v) is 8.96. The first-order valence-electron chi connectivity index (χ1n) is 10.9. The molecule has 4 rings (SSSR count). The van der Waals surface area contributed by atoms with Gasteiger partial charge in [0, 0.05) is 26.2 Å². The summed E-state index contributed by atoms with van der Waals surface area (Å²) in [6, 6.07) is 13.2. The first-order chi connectivity index (χ1) is 14.0. The largest absolute Gasteiger partial charge is 0.489 e. The second kappa shape index (κ2) is 8.76. The number of rotatable bonds is 6. The van der Waals surface area contributed by atoms with Gasteiger partial charge in [-0.05, 0) is 81.6 Å². The Morgan fingerprint density at radius 3 is 1.55 bits per heavy atom. The standard InChI is InChI=1S/C25H34N2O2/c1-18-13-20(5-7-24(18)28-22-9-11-26(3)16-22)15-21-6-8-25(19(2)14-21)29-23-10-12-27(4)17-23/h5-8,13-14,22-23H,9-12,15-17H2,1-4H3. The number of nitrogens with zero attached hydrogens (tertiary/aromatic N) is 2. The summed E-state index contributed by atoms with van der Waals surface area (Å²) in [6.07, 6.45) is 3.80. The number of likely N-dealkylation sites (N-methyl/N-ethyl adjacent to an activating group) is 2. The van der Waals surface area contributed by atoms with Crippen LogP contribution in [0.2, 0.25) is 0 Å². The topological polar surface area (TPSA) is 24.9 Å². The third-order valence-electron chi connectivity index (χ3n) is 6.17. The highest BCUT2D eigenvalue weighted by Crippen LogP contribution is 2.27. The summed E-state index contributed by atoms with van der Waals surface area (Å²) in [5.74, 6) is 2.05. The Kier molecular flexibility index (Phi) is 6.12. The number of benzene rings is 2. The molecule has 0 bridgehead atoms. The molecule has 2 aromatic carbocycles. The average Bonchev–Trinajstić information content (AvgIpc) is 3.27. The minimum atomic E-state index is 0.319. The minimum absolute atomic E-state index is 0.319. The van der Waals surface area contributed by atoms with Gasteiger partial charge >= 0.3 is 0 Å². The maximum Gasteiger partial charge on any atom is 0.122 e. The number of ether oxygens (including phenoxy) is 2. The van der Waals surface area contributed by atoms with E-state index in [0.717, 1.165) is 56.9 Å². The average molecular weight is 395 g/mol. The predicted molar refractivity (Wildman–Crippen MR) is 118 cm³/mol. The van der Waals surface area contributed by atoms with E-state index in [1.54, 1.807) is 0 Å². The van der Waals surface area contributed by atoms with E-state index in [-0.39, 0.29) is 0 Å². The number of likely N-dealkylation sites (tertiary alicyclic amines) is 2. The van der Waals surface area contributed by atoms with Gasteiger partial charge in [0.25, 0.3) is 0 Å². The minimum Gasteiger partial charge on any atom is -0.489 e. The van der Waals surface area contributed by atoms with Gasteiger partial charge in [-0.25, -0.2) is 0 Å². The lowest BCUT2D eigenvalue weighted by Crippen LogP contribution is -2.21. The Labute approximate surface area is 175 Å². The highest BCUT2D eigenvalue weighted by atomic mass is 16.5. The van der Waals surface area contributed by atoms with Crippen LogP contribution in [0.3, 0.4) is 0 Å². The van der Waals surface area contributed by atoms with E-state index in [1.165, 1.54) is 22.3 Å². The van der Waals surface area contributed by atoms with E-state index in [9.17, 15) is 0 Å². The molecule has 4 nitrogen and oxygen atoms in total. The molecule has 2 saturated heterocycles. The van der Waals surface area contributed by atoms with Crippen LogP contribution in [0.5, 0.6) is 11.5 Å². The van der Waals surface area contributed by atoms with Crippen LogP contribution in [0.15, 0.2) is 36.4 Å². The van der Waals surface area contributed by atoms with E-state index < -0.39 is 0 Å². The van der Waals surface area contributed by atoms with Crippen LogP contribution in [-0.4, -0.2) is 62.3 Å². The summed E-state index contributed by atoms with van der Waals surface area (Å²) in [6.45, 7) is 8.59. The fourth-order valence-corrected chi connectivity index (χ4v) is 4.48. The van der Waals surface area contributed by atoms with Crippen LogP contribution >= 0.6 is 0 Å². The van der Waals surface area contributed by atoms with Crippen LogP contribution in [0, 0.1) is 13.8 Å². The molecule has 0 aliphatic carbocycles. The van der Waals surface area contributed by atoms with Crippen molar-refractivity contribution in [1.29, 1.82) is 0 Å². The Hall–Kier alpha value is -2.04. The lowest BCUT2D eigenvalue weighted by atomic mass is 10.0. The maximum absolute atomic E-state index is 6.23. The zero-order valence-corrected chi connectivity index (χ0v) is 18.3. The Balaban J connectivity index is 1.38. The molecule has 4 heteroatoms. The van der Waals surface area contributed by atoms with Crippen molar-refractivity contribution in [3.8, 4) is 11.5 Å². The molecular weight excluding hydrogens is 360 g/mol. The van der Waals surface area contributed by atoms with E-state index in [4.69, 9.17) is 9.47 Å². The smallest absolute Gasteiger partial charge is 0.122 e. The number of hydrogen-bond acceptors (Lipinski definition) is 4. The van der Waals surface area contributed by atoms with Crippen molar-refractivity contribution < 1.29 is 9.47 Å². The normalized spacial score (nSPS) is 22.9. The molecule has 2 atom stereocenters. The Bertz CT molecular complexity index is 781. The molecule has 29 heavy (non-hydrogen) atoms. The van der Waals surface area contributed by atoms with E-state index in [0.29, 0.717) is 12.2 Å². The molecule has 0 amide bonds. The monoisotopic (exact) mass is 394 g/mol. The van der Waals surface area contributed by atoms with Gasteiger partial charge in [-0.1, -0.05) is 24.3 Å². The summed E-state index contributed by atoms with van der Waals surface area (Å²) in [5.41, 5.74) is 5.09. The van der Waals surface area contributed by atoms with E-state index in [2.05, 4.69) is 74.1 Å².